The van der Waals surface area contributed by atoms with Crippen LogP contribution in [0.4, 0.5) is 0 Å². The second-order valence-corrected chi connectivity index (χ2v) is 12.7. The number of nitrogens with zero attached hydrogens (tertiary/aromatic N) is 2. The van der Waals surface area contributed by atoms with E-state index in [-0.39, 0.29) is 46.9 Å². The molecule has 14 nitrogen and oxygen atoms in total. The van der Waals surface area contributed by atoms with E-state index in [1.807, 2.05) is 0 Å². The number of sulfonamides is 1. The molecule has 3 aliphatic carbocycles. The second kappa shape index (κ2) is 9.76. The number of aryl methyl sites for hydroxylation is 2. The Morgan fingerprint density at radius 3 is 2.45 bits per heavy atom. The minimum absolute atomic E-state index is 0.0192. The fourth-order valence-corrected chi connectivity index (χ4v) is 7.92. The largest absolute Gasteiger partial charge is 0.510 e. The lowest BCUT2D eigenvalue weighted by Gasteiger charge is -2.50. The zero-order valence-corrected chi connectivity index (χ0v) is 23.9. The number of aliphatic hydroxyl groups excluding tert-OH is 2. The predicted molar refractivity (Wildman–Crippen MR) is 144 cm³/mol. The number of benzene rings is 1. The molecule has 5 rings (SSSR count). The number of ketones is 2. The van der Waals surface area contributed by atoms with Crippen LogP contribution in [0.2, 0.25) is 0 Å². The number of allylic oxidation sites excluding steroid dienone is 1. The molecule has 0 fully saturated rings. The summed E-state index contributed by atoms with van der Waals surface area (Å²) in [6.07, 6.45) is -0.0724. The molecule has 0 radical (unpaired) electrons. The van der Waals surface area contributed by atoms with Gasteiger partial charge in [0.25, 0.3) is 5.91 Å². The molecule has 42 heavy (non-hydrogen) atoms. The molecule has 0 aliphatic heterocycles. The van der Waals surface area contributed by atoms with E-state index in [0.717, 1.165) is 0 Å². The Balaban J connectivity index is 1.60. The number of phenols is 1. The summed E-state index contributed by atoms with van der Waals surface area (Å²) >= 11 is 0. The molecule has 3 aliphatic rings. The second-order valence-electron chi connectivity index (χ2n) is 11.0. The average molecular weight is 603 g/mol. The molecule has 0 spiro atoms. The number of aliphatic hydroxyl groups is 3. The van der Waals surface area contributed by atoms with Gasteiger partial charge in [-0.3, -0.25) is 19.3 Å². The fourth-order valence-electron chi connectivity index (χ4n) is 6.58. The highest BCUT2D eigenvalue weighted by Crippen LogP contribution is 2.52. The Bertz CT molecular complexity index is 1720. The highest BCUT2D eigenvalue weighted by Gasteiger charge is 2.63. The highest BCUT2D eigenvalue weighted by molar-refractivity contribution is 7.89. The summed E-state index contributed by atoms with van der Waals surface area (Å²) in [5.41, 5.74) is 2.03. The van der Waals surface area contributed by atoms with Gasteiger partial charge in [0.05, 0.1) is 11.6 Å². The molecule has 15 heteroatoms. The first-order valence-electron chi connectivity index (χ1n) is 12.9. The summed E-state index contributed by atoms with van der Waals surface area (Å²) in [5, 5.41) is 48.2. The number of carbonyl (C=O) groups is 3. The maximum absolute atomic E-state index is 13.8. The Kier molecular flexibility index (Phi) is 6.84. The van der Waals surface area contributed by atoms with Gasteiger partial charge in [-0.15, -0.1) is 0 Å². The SMILES string of the molecule is Cc1noc(C)c1S(=O)(=O)NCc1ccc(O)c2c1CC1CC3C(N(C)C)C(O)=C(C(N)=O)C(=O)C3(O)C(O)=C1C2=O. The summed E-state index contributed by atoms with van der Waals surface area (Å²) in [6, 6.07) is 1.54. The van der Waals surface area contributed by atoms with Crippen LogP contribution >= 0.6 is 0 Å². The van der Waals surface area contributed by atoms with Crippen LogP contribution in [0.5, 0.6) is 5.75 Å². The summed E-state index contributed by atoms with van der Waals surface area (Å²) in [6.45, 7) is 2.67. The van der Waals surface area contributed by atoms with Crippen molar-refractivity contribution in [2.24, 2.45) is 17.6 Å². The molecule has 1 amide bonds. The summed E-state index contributed by atoms with van der Waals surface area (Å²) in [5.74, 6) is -7.48. The van der Waals surface area contributed by atoms with Crippen LogP contribution in [0, 0.1) is 25.7 Å². The number of aromatic nitrogens is 1. The van der Waals surface area contributed by atoms with Crippen LogP contribution in [-0.2, 0) is 32.6 Å². The van der Waals surface area contributed by atoms with Gasteiger partial charge < -0.3 is 30.7 Å². The van der Waals surface area contributed by atoms with Crippen molar-refractivity contribution < 1.29 is 47.8 Å². The van der Waals surface area contributed by atoms with E-state index in [4.69, 9.17) is 10.3 Å². The zero-order chi connectivity index (χ0) is 31.0. The molecule has 1 aromatic heterocycles. The molecule has 224 valence electrons. The van der Waals surface area contributed by atoms with Crippen LogP contribution in [0.1, 0.15) is 39.4 Å². The van der Waals surface area contributed by atoms with Gasteiger partial charge >= 0.3 is 0 Å². The number of hydrogen-bond acceptors (Lipinski definition) is 12. The van der Waals surface area contributed by atoms with E-state index < -0.39 is 73.8 Å². The van der Waals surface area contributed by atoms with E-state index >= 15 is 0 Å². The number of primary amides is 1. The van der Waals surface area contributed by atoms with Crippen molar-refractivity contribution in [3.8, 4) is 5.75 Å². The average Bonchev–Trinajstić information content (AvgIpc) is 3.23. The number of phenolic OH excluding ortho intramolecular Hbond substituents is 1. The van der Waals surface area contributed by atoms with Crippen molar-refractivity contribution in [3.63, 3.8) is 0 Å². The van der Waals surface area contributed by atoms with Crippen molar-refractivity contribution in [1.82, 2.24) is 14.8 Å². The van der Waals surface area contributed by atoms with Crippen molar-refractivity contribution in [1.29, 1.82) is 0 Å². The zero-order valence-electron chi connectivity index (χ0n) is 23.1. The first-order chi connectivity index (χ1) is 19.5. The molecule has 7 N–H and O–H groups in total. The Morgan fingerprint density at radius 1 is 1.21 bits per heavy atom. The van der Waals surface area contributed by atoms with Crippen molar-refractivity contribution in [3.05, 3.63) is 62.9 Å². The monoisotopic (exact) mass is 602 g/mol. The van der Waals surface area contributed by atoms with Crippen LogP contribution in [0.25, 0.3) is 0 Å². The molecule has 0 saturated heterocycles. The number of nitrogens with two attached hydrogens (primary N) is 1. The number of fused-ring (bicyclic) bond motifs is 3. The summed E-state index contributed by atoms with van der Waals surface area (Å²) < 4.78 is 33.5. The molecule has 0 bridgehead atoms. The van der Waals surface area contributed by atoms with Gasteiger partial charge in [-0.2, -0.15) is 0 Å². The van der Waals surface area contributed by atoms with Gasteiger partial charge in [-0.25, -0.2) is 13.1 Å². The van der Waals surface area contributed by atoms with E-state index in [0.29, 0.717) is 11.1 Å². The topological polar surface area (TPSA) is 234 Å². The Labute approximate surface area is 240 Å². The summed E-state index contributed by atoms with van der Waals surface area (Å²) in [7, 11) is -1.00. The lowest BCUT2D eigenvalue weighted by Crippen LogP contribution is -2.63. The van der Waals surface area contributed by atoms with Crippen LogP contribution < -0.4 is 10.5 Å². The molecular weight excluding hydrogens is 572 g/mol. The summed E-state index contributed by atoms with van der Waals surface area (Å²) in [4.78, 5) is 40.6. The van der Waals surface area contributed by atoms with Crippen LogP contribution in [0.15, 0.2) is 44.2 Å². The fraction of sp³-hybridized carbons (Fsp3) is 0.407. The molecular formula is C27H30N4O10S. The third kappa shape index (κ3) is 4.06. The van der Waals surface area contributed by atoms with Crippen molar-refractivity contribution in [2.45, 2.75) is 49.8 Å². The number of rotatable bonds is 6. The number of hydrogen-bond donors (Lipinski definition) is 6. The number of Topliss-reactive ketones (excluding diaryl/α,β-unsaturated/α-hetero) is 2. The maximum atomic E-state index is 13.8. The number of carbonyl (C=O) groups excluding carboxylic acids is 3. The first-order valence-corrected chi connectivity index (χ1v) is 14.4. The molecule has 0 saturated carbocycles. The minimum Gasteiger partial charge on any atom is -0.510 e. The van der Waals surface area contributed by atoms with Crippen LogP contribution in [0.3, 0.4) is 0 Å². The van der Waals surface area contributed by atoms with Gasteiger partial charge in [0.1, 0.15) is 33.4 Å². The molecule has 4 atom stereocenters. The highest BCUT2D eigenvalue weighted by atomic mass is 32.2. The maximum Gasteiger partial charge on any atom is 0.255 e. The molecule has 1 aromatic carbocycles. The minimum atomic E-state index is -4.07. The number of nitrogens with one attached hydrogen (secondary N) is 1. The third-order valence-corrected chi connectivity index (χ3v) is 10.0. The Morgan fingerprint density at radius 2 is 1.88 bits per heavy atom. The standard InChI is InChI=1S/C27H30N4O10S/c1-10-23(11(2)41-30-10)42(39,40)29-9-12-5-6-16(32)18-14(12)7-13-8-15-20(31(3)4)22(34)19(26(28)37)25(36)27(15,38)24(35)17(13)21(18)33/h5-6,13,15,20,29,32,34-35,38H,7-9H2,1-4H3,(H2,28,37). The van der Waals surface area contributed by atoms with Gasteiger partial charge in [-0.1, -0.05) is 11.2 Å². The lowest BCUT2D eigenvalue weighted by atomic mass is 9.58. The van der Waals surface area contributed by atoms with Crippen molar-refractivity contribution in [2.75, 3.05) is 14.1 Å². The van der Waals surface area contributed by atoms with Gasteiger partial charge in [0.2, 0.25) is 15.8 Å². The quantitative estimate of drug-likeness (QED) is 0.243. The lowest BCUT2D eigenvalue weighted by molar-refractivity contribution is -0.148. The van der Waals surface area contributed by atoms with Crippen LogP contribution in [-0.4, -0.2) is 82.1 Å². The van der Waals surface area contributed by atoms with E-state index in [2.05, 4.69) is 9.88 Å². The predicted octanol–water partition coefficient (Wildman–Crippen LogP) is 0.204. The number of aromatic hydroxyl groups is 1. The molecule has 2 aromatic rings. The van der Waals surface area contributed by atoms with Gasteiger partial charge in [0, 0.05) is 18.0 Å². The van der Waals surface area contributed by atoms with Crippen molar-refractivity contribution >= 4 is 27.5 Å². The number of likely N-dealkylation sites (N-methyl/N-ethyl adjacent to an activating group) is 1. The van der Waals surface area contributed by atoms with Gasteiger partial charge in [-0.05, 0) is 63.9 Å². The normalized spacial score (nSPS) is 25.9. The number of amides is 1. The van der Waals surface area contributed by atoms with E-state index in [1.165, 1.54) is 45.0 Å². The van der Waals surface area contributed by atoms with E-state index in [9.17, 15) is 43.2 Å². The first kappa shape index (κ1) is 29.4. The molecule has 4 unspecified atom stereocenters. The van der Waals surface area contributed by atoms with Gasteiger partial charge in [0.15, 0.2) is 17.1 Å². The van der Waals surface area contributed by atoms with E-state index in [1.54, 1.807) is 0 Å². The smallest absolute Gasteiger partial charge is 0.255 e. The Hall–Kier alpha value is -4.05. The molecule has 1 heterocycles. The third-order valence-electron chi connectivity index (χ3n) is 8.39.